The van der Waals surface area contributed by atoms with Crippen LogP contribution in [0, 0.1) is 5.92 Å². The summed E-state index contributed by atoms with van der Waals surface area (Å²) >= 11 is 0. The number of carboxylic acid groups (broad SMARTS) is 1. The summed E-state index contributed by atoms with van der Waals surface area (Å²) in [5.41, 5.74) is 5.28. The third-order valence-electron chi connectivity index (χ3n) is 3.58. The van der Waals surface area contributed by atoms with Gasteiger partial charge >= 0.3 is 5.97 Å². The van der Waals surface area contributed by atoms with E-state index in [9.17, 15) is 14.4 Å². The monoisotopic (exact) mass is 315 g/mol. The van der Waals surface area contributed by atoms with E-state index in [0.29, 0.717) is 12.3 Å². The SMILES string of the molecule is CC[C@H](C)CCCCC(=O)NCC(=O)N[C@H](CCN)C(=O)O. The van der Waals surface area contributed by atoms with Crippen molar-refractivity contribution in [1.29, 1.82) is 0 Å². The van der Waals surface area contributed by atoms with Gasteiger partial charge in [-0.3, -0.25) is 9.59 Å². The van der Waals surface area contributed by atoms with E-state index in [0.717, 1.165) is 25.7 Å². The fourth-order valence-electron chi connectivity index (χ4n) is 1.92. The van der Waals surface area contributed by atoms with Gasteiger partial charge < -0.3 is 21.5 Å². The molecule has 0 aliphatic carbocycles. The number of amides is 2. The molecule has 0 aromatic rings. The number of hydrogen-bond acceptors (Lipinski definition) is 4. The van der Waals surface area contributed by atoms with Gasteiger partial charge in [0.15, 0.2) is 0 Å². The van der Waals surface area contributed by atoms with E-state index in [1.54, 1.807) is 0 Å². The topological polar surface area (TPSA) is 122 Å². The lowest BCUT2D eigenvalue weighted by molar-refractivity contribution is -0.141. The molecular weight excluding hydrogens is 286 g/mol. The van der Waals surface area contributed by atoms with Crippen LogP contribution >= 0.6 is 0 Å². The third-order valence-corrected chi connectivity index (χ3v) is 3.58. The zero-order valence-electron chi connectivity index (χ0n) is 13.6. The molecule has 0 bridgehead atoms. The average molecular weight is 315 g/mol. The molecule has 0 aliphatic rings. The van der Waals surface area contributed by atoms with Gasteiger partial charge in [0.2, 0.25) is 11.8 Å². The van der Waals surface area contributed by atoms with Gasteiger partial charge in [0, 0.05) is 6.42 Å². The van der Waals surface area contributed by atoms with Crippen LogP contribution in [0.1, 0.15) is 52.4 Å². The van der Waals surface area contributed by atoms with Crippen molar-refractivity contribution in [2.75, 3.05) is 13.1 Å². The number of nitrogens with one attached hydrogen (secondary N) is 2. The maximum absolute atomic E-state index is 11.6. The molecule has 0 spiro atoms. The summed E-state index contributed by atoms with van der Waals surface area (Å²) in [4.78, 5) is 34.0. The molecule has 0 unspecified atom stereocenters. The summed E-state index contributed by atoms with van der Waals surface area (Å²) in [6, 6.07) is -1.01. The Balaban J connectivity index is 3.84. The molecule has 0 heterocycles. The lowest BCUT2D eigenvalue weighted by atomic mass is 10.0. The predicted octanol–water partition coefficient (Wildman–Crippen LogP) is 0.627. The minimum atomic E-state index is -1.13. The summed E-state index contributed by atoms with van der Waals surface area (Å²) in [7, 11) is 0. The van der Waals surface area contributed by atoms with Crippen molar-refractivity contribution in [3.8, 4) is 0 Å². The van der Waals surface area contributed by atoms with Gasteiger partial charge in [0.25, 0.3) is 0 Å². The van der Waals surface area contributed by atoms with Gasteiger partial charge in [-0.05, 0) is 25.3 Å². The number of carbonyl (C=O) groups is 3. The first kappa shape index (κ1) is 20.4. The fraction of sp³-hybridized carbons (Fsp3) is 0.800. The Kier molecular flexibility index (Phi) is 11.1. The molecule has 2 amide bonds. The third kappa shape index (κ3) is 10.1. The molecule has 2 atom stereocenters. The van der Waals surface area contributed by atoms with Crippen LogP contribution in [0.15, 0.2) is 0 Å². The number of rotatable bonds is 12. The maximum Gasteiger partial charge on any atom is 0.326 e. The second kappa shape index (κ2) is 12.0. The zero-order chi connectivity index (χ0) is 17.0. The number of unbranched alkanes of at least 4 members (excludes halogenated alkanes) is 1. The highest BCUT2D eigenvalue weighted by Crippen LogP contribution is 2.11. The second-order valence-corrected chi connectivity index (χ2v) is 5.57. The molecule has 0 radical (unpaired) electrons. The Hall–Kier alpha value is -1.63. The van der Waals surface area contributed by atoms with Crippen molar-refractivity contribution in [3.63, 3.8) is 0 Å². The van der Waals surface area contributed by atoms with Crippen LogP contribution in [0.2, 0.25) is 0 Å². The maximum atomic E-state index is 11.6. The van der Waals surface area contributed by atoms with Gasteiger partial charge in [-0.2, -0.15) is 0 Å². The van der Waals surface area contributed by atoms with Crippen LogP contribution in [0.3, 0.4) is 0 Å². The minimum Gasteiger partial charge on any atom is -0.480 e. The van der Waals surface area contributed by atoms with Crippen LogP contribution in [0.4, 0.5) is 0 Å². The van der Waals surface area contributed by atoms with Gasteiger partial charge in [-0.15, -0.1) is 0 Å². The lowest BCUT2D eigenvalue weighted by Gasteiger charge is -2.13. The normalized spacial score (nSPS) is 13.2. The van der Waals surface area contributed by atoms with E-state index in [-0.39, 0.29) is 25.4 Å². The fourth-order valence-corrected chi connectivity index (χ4v) is 1.92. The summed E-state index contributed by atoms with van der Waals surface area (Å²) < 4.78 is 0. The highest BCUT2D eigenvalue weighted by Gasteiger charge is 2.18. The molecule has 5 N–H and O–H groups in total. The van der Waals surface area contributed by atoms with Gasteiger partial charge in [-0.1, -0.05) is 33.1 Å². The molecule has 0 saturated heterocycles. The highest BCUT2D eigenvalue weighted by molar-refractivity contribution is 5.87. The molecule has 7 nitrogen and oxygen atoms in total. The Morgan fingerprint density at radius 1 is 1.14 bits per heavy atom. The number of carbonyl (C=O) groups excluding carboxylic acids is 2. The first-order chi connectivity index (χ1) is 10.4. The average Bonchev–Trinajstić information content (AvgIpc) is 2.48. The number of carboxylic acids is 1. The van der Waals surface area contributed by atoms with Crippen molar-refractivity contribution >= 4 is 17.8 Å². The standard InChI is InChI=1S/C15H29N3O4/c1-3-11(2)6-4-5-7-13(19)17-10-14(20)18-12(8-9-16)15(21)22/h11-12H,3-10,16H2,1-2H3,(H,17,19)(H,18,20)(H,21,22)/t11-,12+/m0/s1. The molecular formula is C15H29N3O4. The van der Waals surface area contributed by atoms with E-state index < -0.39 is 17.9 Å². The van der Waals surface area contributed by atoms with Gasteiger partial charge in [-0.25, -0.2) is 4.79 Å². The lowest BCUT2D eigenvalue weighted by Crippen LogP contribution is -2.46. The van der Waals surface area contributed by atoms with Crippen LogP contribution in [0.5, 0.6) is 0 Å². The Bertz CT molecular complexity index is 361. The molecule has 128 valence electrons. The van der Waals surface area contributed by atoms with Crippen molar-refractivity contribution in [2.24, 2.45) is 11.7 Å². The van der Waals surface area contributed by atoms with Crippen LogP contribution < -0.4 is 16.4 Å². The molecule has 7 heteroatoms. The zero-order valence-corrected chi connectivity index (χ0v) is 13.6. The van der Waals surface area contributed by atoms with E-state index in [2.05, 4.69) is 24.5 Å². The molecule has 22 heavy (non-hydrogen) atoms. The van der Waals surface area contributed by atoms with E-state index in [1.807, 2.05) is 0 Å². The van der Waals surface area contributed by atoms with Crippen molar-refractivity contribution in [2.45, 2.75) is 58.4 Å². The van der Waals surface area contributed by atoms with E-state index in [4.69, 9.17) is 10.8 Å². The quantitative estimate of drug-likeness (QED) is 0.393. The largest absolute Gasteiger partial charge is 0.480 e. The molecule has 0 aromatic carbocycles. The summed E-state index contributed by atoms with van der Waals surface area (Å²) in [6.07, 6.45) is 4.57. The van der Waals surface area contributed by atoms with Crippen LogP contribution in [-0.2, 0) is 14.4 Å². The van der Waals surface area contributed by atoms with Crippen molar-refractivity contribution < 1.29 is 19.5 Å². The van der Waals surface area contributed by atoms with Gasteiger partial charge in [0.1, 0.15) is 6.04 Å². The Morgan fingerprint density at radius 2 is 1.82 bits per heavy atom. The summed E-state index contributed by atoms with van der Waals surface area (Å²) in [5, 5.41) is 13.7. The van der Waals surface area contributed by atoms with Crippen LogP contribution in [0.25, 0.3) is 0 Å². The van der Waals surface area contributed by atoms with E-state index >= 15 is 0 Å². The van der Waals surface area contributed by atoms with E-state index in [1.165, 1.54) is 0 Å². The number of hydrogen-bond donors (Lipinski definition) is 4. The molecule has 0 rings (SSSR count). The summed E-state index contributed by atoms with van der Waals surface area (Å²) in [6.45, 7) is 4.29. The Labute approximate surface area is 132 Å². The van der Waals surface area contributed by atoms with Gasteiger partial charge in [0.05, 0.1) is 6.54 Å². The second-order valence-electron chi connectivity index (χ2n) is 5.57. The van der Waals surface area contributed by atoms with Crippen molar-refractivity contribution in [3.05, 3.63) is 0 Å². The highest BCUT2D eigenvalue weighted by atomic mass is 16.4. The van der Waals surface area contributed by atoms with Crippen molar-refractivity contribution in [1.82, 2.24) is 10.6 Å². The summed E-state index contributed by atoms with van der Waals surface area (Å²) in [5.74, 6) is -1.17. The number of aliphatic carboxylic acids is 1. The first-order valence-corrected chi connectivity index (χ1v) is 7.89. The number of nitrogens with two attached hydrogens (primary N) is 1. The molecule has 0 fully saturated rings. The Morgan fingerprint density at radius 3 is 2.36 bits per heavy atom. The molecule has 0 aromatic heterocycles. The smallest absolute Gasteiger partial charge is 0.326 e. The molecule has 0 saturated carbocycles. The molecule has 0 aliphatic heterocycles. The minimum absolute atomic E-state index is 0.157. The predicted molar refractivity (Wildman–Crippen MR) is 84.2 cm³/mol. The first-order valence-electron chi connectivity index (χ1n) is 7.89. The van der Waals surface area contributed by atoms with Crippen LogP contribution in [-0.4, -0.2) is 42.0 Å².